The number of halogens is 1. The molecule has 0 aromatic rings. The van der Waals surface area contributed by atoms with E-state index >= 15 is 0 Å². The van der Waals surface area contributed by atoms with Crippen molar-refractivity contribution in [2.75, 3.05) is 0 Å². The van der Waals surface area contributed by atoms with Crippen molar-refractivity contribution in [1.29, 1.82) is 0 Å². The van der Waals surface area contributed by atoms with Crippen LogP contribution in [-0.4, -0.2) is 11.4 Å². The Bertz CT molecular complexity index is 54.8. The normalized spacial score (nSPS) is 43.0. The summed E-state index contributed by atoms with van der Waals surface area (Å²) >= 11 is 3.81. The van der Waals surface area contributed by atoms with Crippen LogP contribution in [0.15, 0.2) is 0 Å². The second-order valence-corrected chi connectivity index (χ2v) is 2.84. The molecule has 0 spiro atoms. The first-order valence-corrected chi connectivity index (χ1v) is 3.72. The van der Waals surface area contributed by atoms with E-state index < -0.39 is 6.17 Å². The molecule has 0 aliphatic heterocycles. The van der Waals surface area contributed by atoms with Gasteiger partial charge in [-0.15, -0.1) is 11.7 Å². The Balaban J connectivity index is 2.09. The molecule has 0 bridgehead atoms. The standard InChI is InChI=1S/C3H5FS2/c4-2-1-3(2)6-5/h2-3,5H,1H2. The van der Waals surface area contributed by atoms with Gasteiger partial charge < -0.3 is 0 Å². The largest absolute Gasteiger partial charge is 0.246 e. The fourth-order valence-corrected chi connectivity index (χ4v) is 1.31. The maximum atomic E-state index is 11.7. The zero-order valence-electron chi connectivity index (χ0n) is 3.10. The minimum absolute atomic E-state index is 0.216. The number of hydrogen-bond donors (Lipinski definition) is 1. The second kappa shape index (κ2) is 1.62. The molecule has 0 aromatic carbocycles. The topological polar surface area (TPSA) is 0 Å². The third-order valence-corrected chi connectivity index (χ3v) is 2.36. The van der Waals surface area contributed by atoms with Crippen molar-refractivity contribution in [3.8, 4) is 0 Å². The zero-order chi connectivity index (χ0) is 4.57. The van der Waals surface area contributed by atoms with Crippen molar-refractivity contribution < 1.29 is 4.39 Å². The Hall–Kier alpha value is 0.630. The van der Waals surface area contributed by atoms with Crippen LogP contribution in [0.2, 0.25) is 0 Å². The Morgan fingerprint density at radius 2 is 2.33 bits per heavy atom. The third kappa shape index (κ3) is 0.819. The summed E-state index contributed by atoms with van der Waals surface area (Å²) in [4.78, 5) is 0. The van der Waals surface area contributed by atoms with E-state index in [1.807, 2.05) is 0 Å². The lowest BCUT2D eigenvalue weighted by atomic mass is 10.9. The van der Waals surface area contributed by atoms with Crippen LogP contribution in [-0.2, 0) is 0 Å². The zero-order valence-corrected chi connectivity index (χ0v) is 4.81. The summed E-state index contributed by atoms with van der Waals surface area (Å²) in [5.41, 5.74) is 0. The Kier molecular flexibility index (Phi) is 1.29. The van der Waals surface area contributed by atoms with E-state index in [2.05, 4.69) is 11.7 Å². The Morgan fingerprint density at radius 1 is 1.83 bits per heavy atom. The molecule has 1 fully saturated rings. The molecule has 0 N–H and O–H groups in total. The average molecular weight is 124 g/mol. The van der Waals surface area contributed by atoms with Crippen LogP contribution >= 0.6 is 22.5 Å². The minimum atomic E-state index is -0.549. The van der Waals surface area contributed by atoms with E-state index in [9.17, 15) is 4.39 Å². The molecule has 0 amide bonds. The van der Waals surface area contributed by atoms with Gasteiger partial charge in [0.25, 0.3) is 0 Å². The maximum Gasteiger partial charge on any atom is 0.114 e. The molecule has 1 aliphatic rings. The molecule has 2 unspecified atom stereocenters. The number of hydrogen-bond acceptors (Lipinski definition) is 2. The molecular formula is C3H5FS2. The van der Waals surface area contributed by atoms with E-state index in [0.29, 0.717) is 6.42 Å². The van der Waals surface area contributed by atoms with Gasteiger partial charge in [0.1, 0.15) is 6.17 Å². The Morgan fingerprint density at radius 3 is 2.33 bits per heavy atom. The molecule has 1 rings (SSSR count). The molecule has 0 saturated heterocycles. The molecule has 2 atom stereocenters. The van der Waals surface area contributed by atoms with Gasteiger partial charge in [0.15, 0.2) is 0 Å². The van der Waals surface area contributed by atoms with Crippen molar-refractivity contribution in [2.24, 2.45) is 0 Å². The lowest BCUT2D eigenvalue weighted by molar-refractivity contribution is 0.482. The molecule has 1 saturated carbocycles. The van der Waals surface area contributed by atoms with E-state index in [1.54, 1.807) is 0 Å². The second-order valence-electron chi connectivity index (χ2n) is 1.40. The predicted molar refractivity (Wildman–Crippen MR) is 29.9 cm³/mol. The van der Waals surface area contributed by atoms with Gasteiger partial charge in [-0.2, -0.15) is 0 Å². The fourth-order valence-electron chi connectivity index (χ4n) is 0.252. The lowest BCUT2D eigenvalue weighted by Gasteiger charge is -1.76. The van der Waals surface area contributed by atoms with Crippen LogP contribution in [0, 0.1) is 0 Å². The smallest absolute Gasteiger partial charge is 0.114 e. The number of rotatable bonds is 1. The van der Waals surface area contributed by atoms with E-state index in [0.717, 1.165) is 0 Å². The summed E-state index contributed by atoms with van der Waals surface area (Å²) in [6.45, 7) is 0. The molecule has 6 heavy (non-hydrogen) atoms. The first-order valence-electron chi connectivity index (χ1n) is 1.79. The average Bonchev–Trinajstić information content (AvgIpc) is 2.19. The van der Waals surface area contributed by atoms with Crippen molar-refractivity contribution in [2.45, 2.75) is 17.8 Å². The summed E-state index contributed by atoms with van der Waals surface area (Å²) in [7, 11) is 1.32. The highest BCUT2D eigenvalue weighted by atomic mass is 33.1. The van der Waals surface area contributed by atoms with E-state index in [1.165, 1.54) is 10.8 Å². The highest BCUT2D eigenvalue weighted by Gasteiger charge is 2.36. The quantitative estimate of drug-likeness (QED) is 0.410. The molecule has 1 aliphatic carbocycles. The maximum absolute atomic E-state index is 11.7. The lowest BCUT2D eigenvalue weighted by Crippen LogP contribution is -1.70. The van der Waals surface area contributed by atoms with Crippen molar-refractivity contribution in [3.05, 3.63) is 0 Å². The number of alkyl halides is 1. The third-order valence-electron chi connectivity index (χ3n) is 0.793. The molecule has 36 valence electrons. The first-order chi connectivity index (χ1) is 2.84. The minimum Gasteiger partial charge on any atom is -0.246 e. The van der Waals surface area contributed by atoms with E-state index in [-0.39, 0.29) is 5.25 Å². The van der Waals surface area contributed by atoms with E-state index in [4.69, 9.17) is 0 Å². The molecule has 0 radical (unpaired) electrons. The summed E-state index contributed by atoms with van der Waals surface area (Å²) in [6, 6.07) is 0. The van der Waals surface area contributed by atoms with Gasteiger partial charge >= 0.3 is 0 Å². The summed E-state index contributed by atoms with van der Waals surface area (Å²) in [5.74, 6) is 0. The summed E-state index contributed by atoms with van der Waals surface area (Å²) in [5, 5.41) is 0.216. The van der Waals surface area contributed by atoms with Crippen LogP contribution in [0.3, 0.4) is 0 Å². The van der Waals surface area contributed by atoms with Gasteiger partial charge in [-0.3, -0.25) is 0 Å². The molecule has 0 nitrogen and oxygen atoms in total. The molecular weight excluding hydrogens is 119 g/mol. The van der Waals surface area contributed by atoms with Crippen molar-refractivity contribution >= 4 is 22.5 Å². The van der Waals surface area contributed by atoms with Crippen LogP contribution in [0.1, 0.15) is 6.42 Å². The molecule has 0 heterocycles. The van der Waals surface area contributed by atoms with Gasteiger partial charge in [0.2, 0.25) is 0 Å². The van der Waals surface area contributed by atoms with Gasteiger partial charge in [-0.05, 0) is 6.42 Å². The highest BCUT2D eigenvalue weighted by Crippen LogP contribution is 2.39. The summed E-state index contributed by atoms with van der Waals surface area (Å²) in [6.07, 6.45) is 0.168. The summed E-state index contributed by atoms with van der Waals surface area (Å²) < 4.78 is 11.7. The van der Waals surface area contributed by atoms with Gasteiger partial charge in [0.05, 0.1) is 0 Å². The van der Waals surface area contributed by atoms with Gasteiger partial charge in [-0.1, -0.05) is 10.8 Å². The Labute approximate surface area is 45.3 Å². The van der Waals surface area contributed by atoms with Crippen LogP contribution in [0.5, 0.6) is 0 Å². The monoisotopic (exact) mass is 124 g/mol. The van der Waals surface area contributed by atoms with Crippen LogP contribution < -0.4 is 0 Å². The molecule has 0 aromatic heterocycles. The van der Waals surface area contributed by atoms with Crippen molar-refractivity contribution in [3.63, 3.8) is 0 Å². The fraction of sp³-hybridized carbons (Fsp3) is 1.00. The van der Waals surface area contributed by atoms with Crippen molar-refractivity contribution in [1.82, 2.24) is 0 Å². The van der Waals surface area contributed by atoms with Crippen LogP contribution in [0.25, 0.3) is 0 Å². The van der Waals surface area contributed by atoms with Gasteiger partial charge in [-0.25, -0.2) is 4.39 Å². The number of thiol groups is 1. The first kappa shape index (κ1) is 4.78. The van der Waals surface area contributed by atoms with Gasteiger partial charge in [0, 0.05) is 5.25 Å². The van der Waals surface area contributed by atoms with Crippen LogP contribution in [0.4, 0.5) is 4.39 Å². The predicted octanol–water partition coefficient (Wildman–Crippen LogP) is 1.67. The highest BCUT2D eigenvalue weighted by molar-refractivity contribution is 8.69. The SMILES string of the molecule is FC1CC1SS. The molecule has 3 heteroatoms.